The molecule has 0 aliphatic heterocycles. The molecule has 0 heteroatoms. The third-order valence-electron chi connectivity index (χ3n) is 2.15. The van der Waals surface area contributed by atoms with Crippen LogP contribution in [0.5, 0.6) is 0 Å². The van der Waals surface area contributed by atoms with Crippen LogP contribution < -0.4 is 0 Å². The molecule has 2 aromatic rings. The molecule has 0 aromatic heterocycles. The van der Waals surface area contributed by atoms with Gasteiger partial charge in [0.25, 0.3) is 0 Å². The van der Waals surface area contributed by atoms with E-state index in [0.717, 1.165) is 0 Å². The molecule has 0 saturated carbocycles. The van der Waals surface area contributed by atoms with Crippen molar-refractivity contribution in [2.24, 2.45) is 0 Å². The lowest BCUT2D eigenvalue weighted by molar-refractivity contribution is 1.47. The van der Waals surface area contributed by atoms with Crippen LogP contribution in [0, 0.1) is 13.8 Å². The van der Waals surface area contributed by atoms with E-state index in [-0.39, 0.29) is 14.9 Å². The first-order valence-electron chi connectivity index (χ1n) is 5.23. The molecule has 0 fully saturated rings. The molecule has 0 saturated heterocycles. The molecule has 0 N–H and O–H groups in total. The maximum atomic E-state index is 2.22. The molecular weight excluding hydrogens is 192 g/mol. The second-order valence-corrected chi connectivity index (χ2v) is 3.35. The molecule has 0 aliphatic carbocycles. The van der Waals surface area contributed by atoms with E-state index in [2.05, 4.69) is 50.2 Å². The van der Waals surface area contributed by atoms with Gasteiger partial charge in [-0.05, 0) is 24.6 Å². The van der Waals surface area contributed by atoms with Crippen molar-refractivity contribution in [1.29, 1.82) is 0 Å². The molecule has 2 rings (SSSR count). The molecule has 0 nitrogen and oxygen atoms in total. The highest BCUT2D eigenvalue weighted by atomic mass is 14.0. The van der Waals surface area contributed by atoms with Gasteiger partial charge in [0.2, 0.25) is 0 Å². The molecule has 0 aliphatic rings. The van der Waals surface area contributed by atoms with E-state index in [0.29, 0.717) is 0 Å². The van der Waals surface area contributed by atoms with Crippen LogP contribution in [0.3, 0.4) is 0 Å². The molecular formula is C16H26. The van der Waals surface area contributed by atoms with Gasteiger partial charge in [0.05, 0.1) is 0 Å². The van der Waals surface area contributed by atoms with E-state index in [1.54, 1.807) is 0 Å². The highest BCUT2D eigenvalue weighted by Crippen LogP contribution is 2.16. The SMILES string of the molecule is C.C.CC.Cc1ccc2ccc(C)cc2c1. The topological polar surface area (TPSA) is 0 Å². The Morgan fingerprint density at radius 2 is 1.00 bits per heavy atom. The second-order valence-electron chi connectivity index (χ2n) is 3.35. The number of fused-ring (bicyclic) bond motifs is 1. The van der Waals surface area contributed by atoms with Gasteiger partial charge in [0, 0.05) is 0 Å². The van der Waals surface area contributed by atoms with E-state index in [1.807, 2.05) is 13.8 Å². The first-order valence-corrected chi connectivity index (χ1v) is 5.23. The zero-order valence-corrected chi connectivity index (χ0v) is 9.46. The normalized spacial score (nSPS) is 8.25. The van der Waals surface area contributed by atoms with E-state index < -0.39 is 0 Å². The lowest BCUT2D eigenvalue weighted by atomic mass is 10.1. The summed E-state index contributed by atoms with van der Waals surface area (Å²) in [6.45, 7) is 8.25. The maximum Gasteiger partial charge on any atom is -0.0179 e. The highest BCUT2D eigenvalue weighted by Gasteiger charge is 1.92. The lowest BCUT2D eigenvalue weighted by Crippen LogP contribution is -1.76. The predicted octanol–water partition coefficient (Wildman–Crippen LogP) is 5.76. The van der Waals surface area contributed by atoms with E-state index >= 15 is 0 Å². The quantitative estimate of drug-likeness (QED) is 0.527. The van der Waals surface area contributed by atoms with Gasteiger partial charge in [-0.3, -0.25) is 0 Å². The Labute approximate surface area is 101 Å². The molecule has 0 bridgehead atoms. The maximum absolute atomic E-state index is 2.22. The van der Waals surface area contributed by atoms with Gasteiger partial charge in [-0.2, -0.15) is 0 Å². The van der Waals surface area contributed by atoms with Crippen LogP contribution in [-0.2, 0) is 0 Å². The summed E-state index contributed by atoms with van der Waals surface area (Å²) < 4.78 is 0. The average molecular weight is 218 g/mol. The van der Waals surface area contributed by atoms with Crippen molar-refractivity contribution < 1.29 is 0 Å². The Balaban J connectivity index is 0. The van der Waals surface area contributed by atoms with Gasteiger partial charge in [0.1, 0.15) is 0 Å². The lowest BCUT2D eigenvalue weighted by Gasteiger charge is -1.99. The fourth-order valence-electron chi connectivity index (χ4n) is 1.49. The van der Waals surface area contributed by atoms with E-state index in [9.17, 15) is 0 Å². The van der Waals surface area contributed by atoms with Crippen LogP contribution in [0.15, 0.2) is 36.4 Å². The number of benzene rings is 2. The molecule has 0 atom stereocenters. The van der Waals surface area contributed by atoms with Crippen LogP contribution in [0.4, 0.5) is 0 Å². The minimum Gasteiger partial charge on any atom is -0.0776 e. The van der Waals surface area contributed by atoms with Crippen LogP contribution in [0.2, 0.25) is 0 Å². The summed E-state index contributed by atoms with van der Waals surface area (Å²) in [5, 5.41) is 2.67. The summed E-state index contributed by atoms with van der Waals surface area (Å²) >= 11 is 0. The summed E-state index contributed by atoms with van der Waals surface area (Å²) in [7, 11) is 0. The summed E-state index contributed by atoms with van der Waals surface area (Å²) in [4.78, 5) is 0. The van der Waals surface area contributed by atoms with Crippen molar-refractivity contribution in [2.45, 2.75) is 42.5 Å². The Morgan fingerprint density at radius 3 is 1.38 bits per heavy atom. The largest absolute Gasteiger partial charge is 0.0776 e. The predicted molar refractivity (Wildman–Crippen MR) is 78.2 cm³/mol. The molecule has 2 aromatic carbocycles. The Kier molecular flexibility index (Phi) is 8.47. The third-order valence-corrected chi connectivity index (χ3v) is 2.15. The standard InChI is InChI=1S/C12H12.C2H6.2CH4/c1-9-3-5-11-6-4-10(2)8-12(11)7-9;1-2;;/h3-8H,1-2H3;1-2H3;2*1H4. The van der Waals surface area contributed by atoms with Crippen molar-refractivity contribution in [3.05, 3.63) is 47.5 Å². The minimum absolute atomic E-state index is 0. The van der Waals surface area contributed by atoms with Crippen molar-refractivity contribution >= 4 is 10.8 Å². The van der Waals surface area contributed by atoms with Crippen LogP contribution >= 0.6 is 0 Å². The zero-order valence-electron chi connectivity index (χ0n) is 9.46. The van der Waals surface area contributed by atoms with E-state index in [4.69, 9.17) is 0 Å². The van der Waals surface area contributed by atoms with Crippen LogP contribution in [0.25, 0.3) is 10.8 Å². The number of aryl methyl sites for hydroxylation is 2. The van der Waals surface area contributed by atoms with Crippen molar-refractivity contribution in [3.63, 3.8) is 0 Å². The first kappa shape index (κ1) is 17.1. The molecule has 16 heavy (non-hydrogen) atoms. The first-order chi connectivity index (χ1) is 6.75. The Morgan fingerprint density at radius 1 is 0.625 bits per heavy atom. The van der Waals surface area contributed by atoms with Crippen molar-refractivity contribution in [1.82, 2.24) is 0 Å². The van der Waals surface area contributed by atoms with Crippen LogP contribution in [-0.4, -0.2) is 0 Å². The van der Waals surface area contributed by atoms with Crippen LogP contribution in [0.1, 0.15) is 39.8 Å². The molecule has 0 heterocycles. The summed E-state index contributed by atoms with van der Waals surface area (Å²) in [6.07, 6.45) is 0. The molecule has 0 amide bonds. The van der Waals surface area contributed by atoms with Gasteiger partial charge in [-0.1, -0.05) is 76.2 Å². The number of hydrogen-bond acceptors (Lipinski definition) is 0. The van der Waals surface area contributed by atoms with Gasteiger partial charge in [-0.25, -0.2) is 0 Å². The van der Waals surface area contributed by atoms with Gasteiger partial charge in [0.15, 0.2) is 0 Å². The molecule has 0 unspecified atom stereocenters. The molecule has 90 valence electrons. The molecule has 0 spiro atoms. The Bertz CT molecular complexity index is 377. The summed E-state index contributed by atoms with van der Waals surface area (Å²) in [6, 6.07) is 13.1. The number of rotatable bonds is 0. The van der Waals surface area contributed by atoms with E-state index in [1.165, 1.54) is 21.9 Å². The third kappa shape index (κ3) is 4.06. The molecule has 0 radical (unpaired) electrons. The highest BCUT2D eigenvalue weighted by molar-refractivity contribution is 5.83. The summed E-state index contributed by atoms with van der Waals surface area (Å²) in [5.41, 5.74) is 2.65. The fourth-order valence-corrected chi connectivity index (χ4v) is 1.49. The van der Waals surface area contributed by atoms with Crippen molar-refractivity contribution in [3.8, 4) is 0 Å². The average Bonchev–Trinajstić information content (AvgIpc) is 2.20. The minimum atomic E-state index is 0. The van der Waals surface area contributed by atoms with Gasteiger partial charge < -0.3 is 0 Å². The summed E-state index contributed by atoms with van der Waals surface area (Å²) in [5.74, 6) is 0. The van der Waals surface area contributed by atoms with Crippen molar-refractivity contribution in [2.75, 3.05) is 0 Å². The zero-order chi connectivity index (χ0) is 10.6. The van der Waals surface area contributed by atoms with Gasteiger partial charge >= 0.3 is 0 Å². The van der Waals surface area contributed by atoms with Gasteiger partial charge in [-0.15, -0.1) is 0 Å². The Hall–Kier alpha value is -1.30. The second kappa shape index (κ2) is 7.92. The fraction of sp³-hybridized carbons (Fsp3) is 0.375. The number of hydrogen-bond donors (Lipinski definition) is 0. The monoisotopic (exact) mass is 218 g/mol. The smallest absolute Gasteiger partial charge is 0.0179 e.